The van der Waals surface area contributed by atoms with Crippen LogP contribution in [-0.4, -0.2) is 137 Å². The maximum atomic E-state index is 13.6. The summed E-state index contributed by atoms with van der Waals surface area (Å²) in [5.74, 6) is -0.628. The molecule has 330 valence electrons. The van der Waals surface area contributed by atoms with Gasteiger partial charge in [-0.05, 0) is 88.4 Å². The van der Waals surface area contributed by atoms with Crippen molar-refractivity contribution in [2.45, 2.75) is 76.7 Å². The number of piperazine rings is 1. The number of nitriles is 1. The largest absolute Gasteiger partial charge is 0.488 e. The van der Waals surface area contributed by atoms with E-state index in [-0.39, 0.29) is 47.8 Å². The SMILES string of the molecule is CC(C)(C)OC(=O)N1CC(Oc2ccc(C#N)c(Cl)c2)CC1C(=O)Nc1ccc(N2CCC(CN3CCN(c4ccc5c(c4)C(=O)N(C4CCC(=O)NC4=O)C5=O)CC3)CC2)nn1. The Hall–Kier alpha value is -6.32. The normalized spacial score (nSPS) is 22.2. The molecule has 63 heavy (non-hydrogen) atoms. The van der Waals surface area contributed by atoms with Crippen LogP contribution in [0.2, 0.25) is 5.02 Å². The third-order valence-corrected chi connectivity index (χ3v) is 12.4. The highest BCUT2D eigenvalue weighted by molar-refractivity contribution is 6.31. The van der Waals surface area contributed by atoms with Crippen molar-refractivity contribution in [2.75, 3.05) is 67.5 Å². The van der Waals surface area contributed by atoms with Crippen molar-refractivity contribution in [2.24, 2.45) is 5.92 Å². The zero-order chi connectivity index (χ0) is 44.6. The van der Waals surface area contributed by atoms with Crippen LogP contribution in [0.25, 0.3) is 0 Å². The van der Waals surface area contributed by atoms with Gasteiger partial charge in [-0.1, -0.05) is 11.6 Å². The lowest BCUT2D eigenvalue weighted by Crippen LogP contribution is -2.54. The minimum absolute atomic E-state index is 0.0750. The average molecular weight is 881 g/mol. The second-order valence-electron chi connectivity index (χ2n) is 17.5. The first-order valence-electron chi connectivity index (χ1n) is 21.2. The van der Waals surface area contributed by atoms with Crippen molar-refractivity contribution in [3.8, 4) is 11.8 Å². The van der Waals surface area contributed by atoms with Crippen molar-refractivity contribution < 1.29 is 38.2 Å². The van der Waals surface area contributed by atoms with Gasteiger partial charge in [-0.25, -0.2) is 4.79 Å². The standard InChI is InChI=1S/C44H49ClN10O8/c1-44(2,3)63-43(61)54-25-30(62-29-6-4-27(23-46)33(45)21-29)22-35(54)40(58)47-36-9-10-37(50-49-36)53-14-12-26(13-15-53)24-51-16-18-52(19-17-51)28-5-7-31-32(20-28)42(60)55(41(31)59)34-8-11-38(56)48-39(34)57/h4-7,9-10,20-21,26,30,34-35H,8,11-19,22,24-25H2,1-3H3,(H,47,49,58)(H,48,56,57). The Bertz CT molecular complexity index is 2350. The van der Waals surface area contributed by atoms with Crippen LogP contribution in [0.5, 0.6) is 5.75 Å². The number of fused-ring (bicyclic) bond motifs is 1. The summed E-state index contributed by atoms with van der Waals surface area (Å²) in [4.78, 5) is 86.7. The molecule has 19 heteroatoms. The number of amides is 6. The summed E-state index contributed by atoms with van der Waals surface area (Å²) in [7, 11) is 0. The molecule has 5 aliphatic heterocycles. The number of nitrogens with zero attached hydrogens (tertiary/aromatic N) is 8. The molecule has 0 saturated carbocycles. The van der Waals surface area contributed by atoms with E-state index < -0.39 is 59.4 Å². The second kappa shape index (κ2) is 17.8. The third-order valence-electron chi connectivity index (χ3n) is 12.1. The fourth-order valence-corrected chi connectivity index (χ4v) is 9.04. The van der Waals surface area contributed by atoms with Crippen molar-refractivity contribution in [3.63, 3.8) is 0 Å². The Morgan fingerprint density at radius 3 is 2.32 bits per heavy atom. The number of benzene rings is 2. The maximum absolute atomic E-state index is 13.6. The number of rotatable bonds is 9. The molecule has 3 atom stereocenters. The number of aromatic nitrogens is 2. The molecule has 4 saturated heterocycles. The molecule has 3 aromatic rings. The fourth-order valence-electron chi connectivity index (χ4n) is 8.83. The molecule has 8 rings (SSSR count). The minimum atomic E-state index is -0.994. The Morgan fingerprint density at radius 2 is 1.65 bits per heavy atom. The summed E-state index contributed by atoms with van der Waals surface area (Å²) in [6.45, 7) is 11.2. The average Bonchev–Trinajstić information content (AvgIpc) is 3.79. The fraction of sp³-hybridized carbons (Fsp3) is 0.477. The van der Waals surface area contributed by atoms with E-state index in [1.807, 2.05) is 18.2 Å². The van der Waals surface area contributed by atoms with Crippen LogP contribution < -0.4 is 25.2 Å². The van der Waals surface area contributed by atoms with Gasteiger partial charge in [0.1, 0.15) is 35.6 Å². The van der Waals surface area contributed by atoms with Gasteiger partial charge in [-0.3, -0.25) is 44.0 Å². The lowest BCUT2D eigenvalue weighted by atomic mass is 9.96. The molecule has 1 aromatic heterocycles. The summed E-state index contributed by atoms with van der Waals surface area (Å²) in [6.07, 6.45) is 1.15. The zero-order valence-electron chi connectivity index (χ0n) is 35.3. The van der Waals surface area contributed by atoms with E-state index in [0.29, 0.717) is 23.0 Å². The Balaban J connectivity index is 0.802. The summed E-state index contributed by atoms with van der Waals surface area (Å²) < 4.78 is 11.7. The molecule has 0 radical (unpaired) electrons. The molecular formula is C44H49ClN10O8. The molecule has 6 amide bonds. The zero-order valence-corrected chi connectivity index (χ0v) is 36.1. The predicted molar refractivity (Wildman–Crippen MR) is 229 cm³/mol. The van der Waals surface area contributed by atoms with Gasteiger partial charge >= 0.3 is 6.09 Å². The third kappa shape index (κ3) is 9.54. The van der Waals surface area contributed by atoms with Gasteiger partial charge in [0.25, 0.3) is 11.8 Å². The first-order chi connectivity index (χ1) is 30.1. The number of hydrogen-bond acceptors (Lipinski definition) is 14. The number of imide groups is 2. The molecule has 2 aromatic carbocycles. The second-order valence-corrected chi connectivity index (χ2v) is 17.9. The van der Waals surface area contributed by atoms with Crippen LogP contribution in [0.4, 0.5) is 22.1 Å². The first-order valence-corrected chi connectivity index (χ1v) is 21.6. The highest BCUT2D eigenvalue weighted by atomic mass is 35.5. The summed E-state index contributed by atoms with van der Waals surface area (Å²) in [6, 6.07) is 13.6. The summed E-state index contributed by atoms with van der Waals surface area (Å²) in [5.41, 5.74) is 0.936. The Morgan fingerprint density at radius 1 is 0.905 bits per heavy atom. The van der Waals surface area contributed by atoms with Crippen LogP contribution in [0.1, 0.15) is 79.2 Å². The molecular weight excluding hydrogens is 832 g/mol. The van der Waals surface area contributed by atoms with Crippen molar-refractivity contribution >= 4 is 64.6 Å². The lowest BCUT2D eigenvalue weighted by Gasteiger charge is -2.39. The molecule has 0 bridgehead atoms. The number of likely N-dealkylation sites (tertiary alicyclic amines) is 1. The highest BCUT2D eigenvalue weighted by Crippen LogP contribution is 2.33. The van der Waals surface area contributed by atoms with Crippen molar-refractivity contribution in [3.05, 3.63) is 70.2 Å². The summed E-state index contributed by atoms with van der Waals surface area (Å²) >= 11 is 6.20. The van der Waals surface area contributed by atoms with Gasteiger partial charge in [0, 0.05) is 70.4 Å². The molecule has 2 N–H and O–H groups in total. The van der Waals surface area contributed by atoms with Gasteiger partial charge < -0.3 is 24.6 Å². The van der Waals surface area contributed by atoms with E-state index in [2.05, 4.69) is 35.5 Å². The lowest BCUT2D eigenvalue weighted by molar-refractivity contribution is -0.136. The van der Waals surface area contributed by atoms with Crippen LogP contribution in [-0.2, 0) is 19.1 Å². The monoisotopic (exact) mass is 880 g/mol. The van der Waals surface area contributed by atoms with Gasteiger partial charge in [0.15, 0.2) is 11.6 Å². The van der Waals surface area contributed by atoms with Crippen molar-refractivity contribution in [1.82, 2.24) is 30.2 Å². The highest BCUT2D eigenvalue weighted by Gasteiger charge is 2.45. The first kappa shape index (κ1) is 43.3. The number of carbonyl (C=O) groups excluding carboxylic acids is 6. The smallest absolute Gasteiger partial charge is 0.411 e. The molecule has 18 nitrogen and oxygen atoms in total. The molecule has 5 aliphatic rings. The number of nitrogens with one attached hydrogen (secondary N) is 2. The predicted octanol–water partition coefficient (Wildman–Crippen LogP) is 3.84. The number of piperidine rings is 2. The maximum Gasteiger partial charge on any atom is 0.411 e. The van der Waals surface area contributed by atoms with Gasteiger partial charge in [0.2, 0.25) is 17.7 Å². The molecule has 3 unspecified atom stereocenters. The minimum Gasteiger partial charge on any atom is -0.488 e. The number of hydrogen-bond donors (Lipinski definition) is 2. The molecule has 0 spiro atoms. The van der Waals surface area contributed by atoms with E-state index in [1.165, 1.54) is 11.0 Å². The topological polar surface area (TPSA) is 211 Å². The van der Waals surface area contributed by atoms with Crippen molar-refractivity contribution in [1.29, 1.82) is 5.26 Å². The number of ether oxygens (including phenoxy) is 2. The number of carbonyl (C=O) groups is 6. The van der Waals surface area contributed by atoms with E-state index in [1.54, 1.807) is 51.1 Å². The van der Waals surface area contributed by atoms with Gasteiger partial charge in [0.05, 0.1) is 28.3 Å². The Labute approximate surface area is 369 Å². The molecule has 4 fully saturated rings. The quantitative estimate of drug-likeness (QED) is 0.293. The van der Waals surface area contributed by atoms with E-state index in [9.17, 15) is 34.0 Å². The number of halogens is 1. The number of anilines is 3. The van der Waals surface area contributed by atoms with Crippen LogP contribution in [0, 0.1) is 17.2 Å². The van der Waals surface area contributed by atoms with Gasteiger partial charge in [-0.2, -0.15) is 5.26 Å². The molecule has 6 heterocycles. The van der Waals surface area contributed by atoms with Crippen LogP contribution >= 0.6 is 11.6 Å². The molecule has 0 aliphatic carbocycles. The van der Waals surface area contributed by atoms with E-state index in [4.69, 9.17) is 21.1 Å². The Kier molecular flexibility index (Phi) is 12.3. The van der Waals surface area contributed by atoms with Gasteiger partial charge in [-0.15, -0.1) is 10.2 Å². The summed E-state index contributed by atoms with van der Waals surface area (Å²) in [5, 5.41) is 23.2. The van der Waals surface area contributed by atoms with Crippen LogP contribution in [0.15, 0.2) is 48.5 Å². The van der Waals surface area contributed by atoms with E-state index in [0.717, 1.165) is 69.2 Å². The van der Waals surface area contributed by atoms with E-state index >= 15 is 0 Å². The van der Waals surface area contributed by atoms with Crippen LogP contribution in [0.3, 0.4) is 0 Å².